The molecule has 4 heterocycles. The number of nitrogens with zero attached hydrogens (tertiary/aromatic N) is 3. The molecule has 4 rings (SSSR count). The van der Waals surface area contributed by atoms with Crippen molar-refractivity contribution in [3.8, 4) is 22.0 Å². The van der Waals surface area contributed by atoms with Gasteiger partial charge in [0.05, 0.1) is 16.5 Å². The third-order valence-electron chi connectivity index (χ3n) is 2.81. The summed E-state index contributed by atoms with van der Waals surface area (Å²) >= 11 is 1.59. The average molecular weight is 269 g/mol. The maximum absolute atomic E-state index is 5.36. The third-order valence-corrected chi connectivity index (χ3v) is 3.68. The molecule has 0 N–H and O–H groups in total. The SMILES string of the molecule is c1coc(-c2nnc(-c3cccs3)c3nocc23)c1. The fraction of sp³-hybridized carbons (Fsp3) is 0. The Labute approximate surface area is 111 Å². The summed E-state index contributed by atoms with van der Waals surface area (Å²) in [6, 6.07) is 7.59. The molecule has 0 bridgehead atoms. The fourth-order valence-electron chi connectivity index (χ4n) is 1.95. The highest BCUT2D eigenvalue weighted by atomic mass is 32.1. The zero-order valence-corrected chi connectivity index (χ0v) is 10.4. The summed E-state index contributed by atoms with van der Waals surface area (Å²) in [6.45, 7) is 0. The van der Waals surface area contributed by atoms with Crippen LogP contribution in [0.15, 0.2) is 51.1 Å². The Hall–Kier alpha value is -2.47. The van der Waals surface area contributed by atoms with Crippen molar-refractivity contribution in [1.29, 1.82) is 0 Å². The lowest BCUT2D eigenvalue weighted by Gasteiger charge is -2.00. The lowest BCUT2D eigenvalue weighted by molar-refractivity contribution is 0.428. The van der Waals surface area contributed by atoms with Gasteiger partial charge in [0.25, 0.3) is 0 Å². The summed E-state index contributed by atoms with van der Waals surface area (Å²) in [6.07, 6.45) is 3.17. The molecule has 0 atom stereocenters. The number of furan rings is 1. The van der Waals surface area contributed by atoms with Gasteiger partial charge in [-0.3, -0.25) is 0 Å². The van der Waals surface area contributed by atoms with E-state index in [1.54, 1.807) is 23.9 Å². The molecule has 4 aromatic rings. The Balaban J connectivity index is 2.01. The number of thiophene rings is 1. The third kappa shape index (κ3) is 1.57. The second kappa shape index (κ2) is 4.03. The fourth-order valence-corrected chi connectivity index (χ4v) is 2.66. The maximum atomic E-state index is 5.36. The molecular formula is C13H7N3O2S. The second-order valence-corrected chi connectivity index (χ2v) is 4.88. The molecule has 5 nitrogen and oxygen atoms in total. The van der Waals surface area contributed by atoms with E-state index in [0.29, 0.717) is 17.0 Å². The van der Waals surface area contributed by atoms with Crippen LogP contribution in [0.1, 0.15) is 0 Å². The van der Waals surface area contributed by atoms with Gasteiger partial charge in [-0.1, -0.05) is 11.2 Å². The monoisotopic (exact) mass is 269 g/mol. The normalized spacial score (nSPS) is 11.2. The zero-order chi connectivity index (χ0) is 12.7. The Bertz CT molecular complexity index is 751. The number of hydrogen-bond acceptors (Lipinski definition) is 6. The van der Waals surface area contributed by atoms with Gasteiger partial charge in [-0.2, -0.15) is 0 Å². The molecule has 0 aromatic carbocycles. The van der Waals surface area contributed by atoms with Crippen molar-refractivity contribution in [2.75, 3.05) is 0 Å². The van der Waals surface area contributed by atoms with E-state index in [2.05, 4.69) is 15.4 Å². The summed E-state index contributed by atoms with van der Waals surface area (Å²) in [5.74, 6) is 0.651. The van der Waals surface area contributed by atoms with Gasteiger partial charge in [-0.15, -0.1) is 21.5 Å². The van der Waals surface area contributed by atoms with Crippen LogP contribution in [-0.4, -0.2) is 15.4 Å². The van der Waals surface area contributed by atoms with Crippen molar-refractivity contribution < 1.29 is 8.94 Å². The van der Waals surface area contributed by atoms with E-state index in [9.17, 15) is 0 Å². The summed E-state index contributed by atoms with van der Waals surface area (Å²) < 4.78 is 10.4. The Morgan fingerprint density at radius 3 is 2.79 bits per heavy atom. The van der Waals surface area contributed by atoms with Gasteiger partial charge in [-0.25, -0.2) is 0 Å². The summed E-state index contributed by atoms with van der Waals surface area (Å²) in [5.41, 5.74) is 2.07. The zero-order valence-electron chi connectivity index (χ0n) is 9.61. The van der Waals surface area contributed by atoms with Crippen LogP contribution < -0.4 is 0 Å². The molecular weight excluding hydrogens is 262 g/mol. The summed E-state index contributed by atoms with van der Waals surface area (Å²) in [4.78, 5) is 1.01. The van der Waals surface area contributed by atoms with Crippen molar-refractivity contribution in [3.63, 3.8) is 0 Å². The minimum Gasteiger partial charge on any atom is -0.463 e. The van der Waals surface area contributed by atoms with Crippen LogP contribution in [-0.2, 0) is 0 Å². The van der Waals surface area contributed by atoms with Crippen LogP contribution in [0.5, 0.6) is 0 Å². The lowest BCUT2D eigenvalue weighted by Crippen LogP contribution is -1.91. The molecule has 0 fully saturated rings. The van der Waals surface area contributed by atoms with Gasteiger partial charge >= 0.3 is 0 Å². The van der Waals surface area contributed by atoms with E-state index in [1.807, 2.05) is 29.6 Å². The van der Waals surface area contributed by atoms with Gasteiger partial charge in [0.1, 0.15) is 23.2 Å². The molecule has 4 aromatic heterocycles. The molecule has 0 radical (unpaired) electrons. The summed E-state index contributed by atoms with van der Waals surface area (Å²) in [7, 11) is 0. The first-order valence-corrected chi connectivity index (χ1v) is 6.50. The minimum atomic E-state index is 0.640. The van der Waals surface area contributed by atoms with Crippen LogP contribution in [0, 0.1) is 0 Å². The average Bonchev–Trinajstić information content (AvgIpc) is 3.19. The largest absolute Gasteiger partial charge is 0.463 e. The molecule has 92 valence electrons. The number of hydrogen-bond donors (Lipinski definition) is 0. The first-order chi connectivity index (χ1) is 9.43. The van der Waals surface area contributed by atoms with E-state index >= 15 is 0 Å². The maximum Gasteiger partial charge on any atom is 0.154 e. The standard InChI is InChI=1S/C13H7N3O2S/c1-3-9(17-5-1)11-8-7-18-16-12(8)13(15-14-11)10-4-2-6-19-10/h1-7H. The predicted molar refractivity (Wildman–Crippen MR) is 70.6 cm³/mol. The van der Waals surface area contributed by atoms with E-state index in [4.69, 9.17) is 8.94 Å². The van der Waals surface area contributed by atoms with E-state index < -0.39 is 0 Å². The first-order valence-electron chi connectivity index (χ1n) is 5.62. The van der Waals surface area contributed by atoms with E-state index in [-0.39, 0.29) is 0 Å². The van der Waals surface area contributed by atoms with Crippen molar-refractivity contribution in [3.05, 3.63) is 42.2 Å². The minimum absolute atomic E-state index is 0.640. The predicted octanol–water partition coefficient (Wildman–Crippen LogP) is 3.61. The molecule has 0 saturated carbocycles. The van der Waals surface area contributed by atoms with Crippen molar-refractivity contribution in [2.45, 2.75) is 0 Å². The van der Waals surface area contributed by atoms with Crippen molar-refractivity contribution in [1.82, 2.24) is 15.4 Å². The topological polar surface area (TPSA) is 65.0 Å². The van der Waals surface area contributed by atoms with E-state index in [0.717, 1.165) is 16.0 Å². The van der Waals surface area contributed by atoms with Crippen LogP contribution >= 0.6 is 11.3 Å². The molecule has 0 spiro atoms. The van der Waals surface area contributed by atoms with E-state index in [1.165, 1.54) is 0 Å². The van der Waals surface area contributed by atoms with Gasteiger partial charge in [0.15, 0.2) is 5.76 Å². The molecule has 6 heteroatoms. The van der Waals surface area contributed by atoms with Crippen molar-refractivity contribution >= 4 is 22.2 Å². The lowest BCUT2D eigenvalue weighted by atomic mass is 10.2. The Morgan fingerprint density at radius 1 is 1.05 bits per heavy atom. The van der Waals surface area contributed by atoms with Gasteiger partial charge in [0, 0.05) is 0 Å². The highest BCUT2D eigenvalue weighted by molar-refractivity contribution is 7.13. The number of rotatable bonds is 2. The first kappa shape index (κ1) is 10.5. The van der Waals surface area contributed by atoms with Crippen LogP contribution in [0.25, 0.3) is 32.9 Å². The Kier molecular flexibility index (Phi) is 2.22. The molecule has 0 aliphatic carbocycles. The van der Waals surface area contributed by atoms with Gasteiger partial charge < -0.3 is 8.94 Å². The molecule has 0 unspecified atom stereocenters. The molecule has 19 heavy (non-hydrogen) atoms. The highest BCUT2D eigenvalue weighted by Crippen LogP contribution is 2.33. The Morgan fingerprint density at radius 2 is 2.00 bits per heavy atom. The van der Waals surface area contributed by atoms with Crippen LogP contribution in [0.3, 0.4) is 0 Å². The molecule has 0 saturated heterocycles. The molecule has 0 aliphatic rings. The molecule has 0 aliphatic heterocycles. The number of aromatic nitrogens is 3. The summed E-state index contributed by atoms with van der Waals surface area (Å²) in [5, 5.41) is 15.3. The van der Waals surface area contributed by atoms with Crippen LogP contribution in [0.2, 0.25) is 0 Å². The van der Waals surface area contributed by atoms with Gasteiger partial charge in [0.2, 0.25) is 0 Å². The number of fused-ring (bicyclic) bond motifs is 1. The quantitative estimate of drug-likeness (QED) is 0.556. The van der Waals surface area contributed by atoms with Crippen LogP contribution in [0.4, 0.5) is 0 Å². The van der Waals surface area contributed by atoms with Gasteiger partial charge in [-0.05, 0) is 23.6 Å². The molecule has 0 amide bonds. The highest BCUT2D eigenvalue weighted by Gasteiger charge is 2.17. The smallest absolute Gasteiger partial charge is 0.154 e. The second-order valence-electron chi connectivity index (χ2n) is 3.93. The van der Waals surface area contributed by atoms with Crippen molar-refractivity contribution in [2.24, 2.45) is 0 Å².